The molecule has 2 aliphatic heterocycles. The van der Waals surface area contributed by atoms with Crippen LogP contribution in [0.2, 0.25) is 0 Å². The van der Waals surface area contributed by atoms with Gasteiger partial charge in [-0.2, -0.15) is 5.10 Å². The van der Waals surface area contributed by atoms with E-state index in [1.165, 1.54) is 10.5 Å². The van der Waals surface area contributed by atoms with Crippen molar-refractivity contribution >= 4 is 34.0 Å². The van der Waals surface area contributed by atoms with Crippen LogP contribution in [0.4, 0.5) is 5.69 Å². The Kier molecular flexibility index (Phi) is 3.93. The molecule has 0 spiro atoms. The number of aryl methyl sites for hydroxylation is 1. The predicted octanol–water partition coefficient (Wildman–Crippen LogP) is 4.31. The summed E-state index contributed by atoms with van der Waals surface area (Å²) >= 11 is 1.71. The second kappa shape index (κ2) is 6.26. The molecule has 2 aromatic rings. The van der Waals surface area contributed by atoms with E-state index in [9.17, 15) is 4.79 Å². The van der Waals surface area contributed by atoms with Crippen molar-refractivity contribution < 1.29 is 4.79 Å². The summed E-state index contributed by atoms with van der Waals surface area (Å²) in [6.07, 6.45) is 2.04. The van der Waals surface area contributed by atoms with Crippen molar-refractivity contribution in [3.8, 4) is 0 Å². The van der Waals surface area contributed by atoms with Crippen LogP contribution in [0, 0.1) is 6.92 Å². The van der Waals surface area contributed by atoms with Crippen LogP contribution >= 0.6 is 11.8 Å². The highest BCUT2D eigenvalue weighted by Crippen LogP contribution is 2.43. The molecular formula is C20H17N3OS. The first kappa shape index (κ1) is 15.7. The van der Waals surface area contributed by atoms with Crippen molar-refractivity contribution in [1.82, 2.24) is 5.43 Å². The minimum atomic E-state index is -0.170. The van der Waals surface area contributed by atoms with E-state index in [-0.39, 0.29) is 5.91 Å². The van der Waals surface area contributed by atoms with Gasteiger partial charge in [0.15, 0.2) is 0 Å². The number of hydrogen-bond acceptors (Lipinski definition) is 4. The number of hydrogen-bond donors (Lipinski definition) is 2. The highest BCUT2D eigenvalue weighted by atomic mass is 32.2. The lowest BCUT2D eigenvalue weighted by molar-refractivity contribution is -0.116. The van der Waals surface area contributed by atoms with Crippen LogP contribution in [0.1, 0.15) is 18.1 Å². The Morgan fingerprint density at radius 2 is 1.76 bits per heavy atom. The Labute approximate surface area is 150 Å². The maximum absolute atomic E-state index is 12.2. The third kappa shape index (κ3) is 2.87. The molecule has 0 radical (unpaired) electrons. The van der Waals surface area contributed by atoms with Gasteiger partial charge >= 0.3 is 0 Å². The number of para-hydroxylation sites is 1. The second-order valence-electron chi connectivity index (χ2n) is 5.97. The molecule has 0 fully saturated rings. The summed E-state index contributed by atoms with van der Waals surface area (Å²) in [5.41, 5.74) is 7.97. The summed E-state index contributed by atoms with van der Waals surface area (Å²) in [5, 5.41) is 7.41. The largest absolute Gasteiger partial charge is 0.354 e. The van der Waals surface area contributed by atoms with Gasteiger partial charge in [-0.05, 0) is 37.6 Å². The van der Waals surface area contributed by atoms with E-state index in [0.717, 1.165) is 21.9 Å². The molecule has 2 aliphatic rings. The number of carbonyl (C=O) groups is 1. The number of carbonyl (C=O) groups excluding carboxylic acids is 1. The molecule has 124 valence electrons. The van der Waals surface area contributed by atoms with E-state index in [4.69, 9.17) is 0 Å². The topological polar surface area (TPSA) is 53.5 Å². The van der Waals surface area contributed by atoms with E-state index >= 15 is 0 Å². The Balaban J connectivity index is 1.84. The van der Waals surface area contributed by atoms with E-state index < -0.39 is 0 Å². The summed E-state index contributed by atoms with van der Waals surface area (Å²) < 4.78 is 0. The van der Waals surface area contributed by atoms with E-state index in [1.807, 2.05) is 43.3 Å². The lowest BCUT2D eigenvalue weighted by Crippen LogP contribution is -2.18. The van der Waals surface area contributed by atoms with Gasteiger partial charge < -0.3 is 5.32 Å². The molecule has 5 heteroatoms. The lowest BCUT2D eigenvalue weighted by atomic mass is 10.0. The van der Waals surface area contributed by atoms with Crippen LogP contribution in [0.5, 0.6) is 0 Å². The van der Waals surface area contributed by atoms with Crippen LogP contribution in [0.15, 0.2) is 75.9 Å². The van der Waals surface area contributed by atoms with Crippen LogP contribution in [-0.4, -0.2) is 11.6 Å². The molecule has 0 atom stereocenters. The Morgan fingerprint density at radius 3 is 2.52 bits per heavy atom. The predicted molar refractivity (Wildman–Crippen MR) is 103 cm³/mol. The molecule has 0 saturated carbocycles. The minimum Gasteiger partial charge on any atom is -0.354 e. The number of hydrazone groups is 1. The molecule has 0 bridgehead atoms. The summed E-state index contributed by atoms with van der Waals surface area (Å²) in [6.45, 7) is 3.95. The van der Waals surface area contributed by atoms with Crippen molar-refractivity contribution in [3.63, 3.8) is 0 Å². The zero-order valence-electron chi connectivity index (χ0n) is 14.0. The fourth-order valence-corrected chi connectivity index (χ4v) is 4.01. The number of fused-ring (bicyclic) bond motifs is 1. The van der Waals surface area contributed by atoms with Crippen LogP contribution in [0.3, 0.4) is 0 Å². The Morgan fingerprint density at radius 1 is 1.00 bits per heavy atom. The van der Waals surface area contributed by atoms with Crippen molar-refractivity contribution in [1.29, 1.82) is 0 Å². The van der Waals surface area contributed by atoms with Crippen LogP contribution < -0.4 is 10.7 Å². The quantitative estimate of drug-likeness (QED) is 0.796. The van der Waals surface area contributed by atoms with Gasteiger partial charge in [0, 0.05) is 21.1 Å². The molecule has 2 aromatic carbocycles. The molecule has 2 heterocycles. The monoisotopic (exact) mass is 347 g/mol. The number of amides is 1. The molecule has 4 nitrogen and oxygen atoms in total. The van der Waals surface area contributed by atoms with Gasteiger partial charge in [0.25, 0.3) is 5.91 Å². The van der Waals surface area contributed by atoms with Gasteiger partial charge in [0.05, 0.1) is 17.0 Å². The lowest BCUT2D eigenvalue weighted by Gasteiger charge is -2.22. The first-order valence-corrected chi connectivity index (χ1v) is 8.86. The number of anilines is 1. The maximum Gasteiger partial charge on any atom is 0.275 e. The number of thioether (sulfide) groups is 1. The minimum absolute atomic E-state index is 0.170. The maximum atomic E-state index is 12.2. The molecule has 25 heavy (non-hydrogen) atoms. The third-order valence-corrected chi connectivity index (χ3v) is 5.47. The first-order valence-electron chi connectivity index (χ1n) is 8.04. The molecule has 2 N–H and O–H groups in total. The zero-order valence-corrected chi connectivity index (χ0v) is 14.8. The highest BCUT2D eigenvalue weighted by molar-refractivity contribution is 8.08. The molecule has 0 unspecified atom stereocenters. The number of nitrogens with one attached hydrogen (secondary N) is 2. The van der Waals surface area contributed by atoms with Gasteiger partial charge in [-0.15, -0.1) is 0 Å². The molecule has 4 rings (SSSR count). The fourth-order valence-electron chi connectivity index (χ4n) is 2.93. The fraction of sp³-hybridized carbons (Fsp3) is 0.100. The van der Waals surface area contributed by atoms with Gasteiger partial charge in [0.2, 0.25) is 0 Å². The van der Waals surface area contributed by atoms with Crippen molar-refractivity contribution in [3.05, 3.63) is 77.0 Å². The smallest absolute Gasteiger partial charge is 0.275 e. The van der Waals surface area contributed by atoms with Gasteiger partial charge in [-0.3, -0.25) is 4.79 Å². The normalized spacial score (nSPS) is 18.9. The third-order valence-electron chi connectivity index (χ3n) is 4.23. The zero-order chi connectivity index (χ0) is 17.4. The second-order valence-corrected chi connectivity index (χ2v) is 7.06. The van der Waals surface area contributed by atoms with Crippen LogP contribution in [-0.2, 0) is 4.79 Å². The average Bonchev–Trinajstić information content (AvgIpc) is 2.95. The standard InChI is InChI=1S/C20H17N3OS/c1-12-7-3-6-10-17(12)25-18-11-16(19-13(2)22-23-20(19)24)21-15-9-5-4-8-14(15)18/h3-11,21H,1-2H3,(H,23,24)/b19-16-. The molecule has 0 aromatic heterocycles. The Hall–Kier alpha value is -2.79. The van der Waals surface area contributed by atoms with Crippen molar-refractivity contribution in [2.24, 2.45) is 5.10 Å². The number of rotatable bonds is 2. The molecule has 1 amide bonds. The number of benzene rings is 2. The number of nitrogens with zero attached hydrogens (tertiary/aromatic N) is 1. The average molecular weight is 347 g/mol. The van der Waals surface area contributed by atoms with Crippen LogP contribution in [0.25, 0.3) is 4.91 Å². The van der Waals surface area contributed by atoms with E-state index in [2.05, 4.69) is 41.0 Å². The molecular weight excluding hydrogens is 330 g/mol. The molecule has 0 saturated heterocycles. The van der Waals surface area contributed by atoms with Gasteiger partial charge in [-0.1, -0.05) is 48.2 Å². The summed E-state index contributed by atoms with van der Waals surface area (Å²) in [7, 11) is 0. The number of allylic oxidation sites excluding steroid dienone is 1. The SMILES string of the molecule is CC1=NNC(=O)/C1=C1/C=C(Sc2ccccc2C)c2ccccc2N1. The summed E-state index contributed by atoms with van der Waals surface area (Å²) in [5.74, 6) is -0.170. The Bertz CT molecular complexity index is 972. The van der Waals surface area contributed by atoms with Gasteiger partial charge in [-0.25, -0.2) is 5.43 Å². The summed E-state index contributed by atoms with van der Waals surface area (Å²) in [4.78, 5) is 14.5. The molecule has 0 aliphatic carbocycles. The van der Waals surface area contributed by atoms with Gasteiger partial charge in [0.1, 0.15) is 0 Å². The van der Waals surface area contributed by atoms with E-state index in [0.29, 0.717) is 11.3 Å². The van der Waals surface area contributed by atoms with Crippen molar-refractivity contribution in [2.75, 3.05) is 5.32 Å². The van der Waals surface area contributed by atoms with Crippen molar-refractivity contribution in [2.45, 2.75) is 18.7 Å². The summed E-state index contributed by atoms with van der Waals surface area (Å²) in [6, 6.07) is 16.5. The van der Waals surface area contributed by atoms with E-state index in [1.54, 1.807) is 11.8 Å². The first-order chi connectivity index (χ1) is 12.1. The highest BCUT2D eigenvalue weighted by Gasteiger charge is 2.26.